The van der Waals surface area contributed by atoms with Gasteiger partial charge in [0.05, 0.1) is 18.6 Å². The van der Waals surface area contributed by atoms with Crippen molar-refractivity contribution in [3.63, 3.8) is 0 Å². The number of piperidine rings is 2. The van der Waals surface area contributed by atoms with E-state index in [0.29, 0.717) is 18.6 Å². The van der Waals surface area contributed by atoms with Crippen LogP contribution in [-0.4, -0.2) is 50.2 Å². The number of likely N-dealkylation sites (tertiary alicyclic amines) is 1. The molecule has 0 aromatic carbocycles. The minimum atomic E-state index is 0.196. The second kappa shape index (κ2) is 6.36. The maximum Gasteiger partial charge on any atom is 0.227 e. The van der Waals surface area contributed by atoms with E-state index in [1.807, 2.05) is 0 Å². The predicted octanol–water partition coefficient (Wildman–Crippen LogP) is 1.01. The molecule has 0 aromatic heterocycles. The van der Waals surface area contributed by atoms with Crippen LogP contribution in [0.15, 0.2) is 0 Å². The number of nitrogens with one attached hydrogen (secondary N) is 1. The van der Waals surface area contributed by atoms with Crippen molar-refractivity contribution in [2.75, 3.05) is 33.4 Å². The van der Waals surface area contributed by atoms with E-state index in [2.05, 4.69) is 10.2 Å². The summed E-state index contributed by atoms with van der Waals surface area (Å²) >= 11 is 0. The second-order valence-corrected chi connectivity index (χ2v) is 5.18. The van der Waals surface area contributed by atoms with Gasteiger partial charge in [0, 0.05) is 20.2 Å². The fourth-order valence-corrected chi connectivity index (χ4v) is 2.95. The standard InChI is InChI=1S/C13H24N2O2/c1-17-10-12-6-2-3-8-15(12)13(16)11-5-4-7-14-9-11/h11-12,14H,2-10H2,1H3. The van der Waals surface area contributed by atoms with Gasteiger partial charge in [0.2, 0.25) is 5.91 Å². The summed E-state index contributed by atoms with van der Waals surface area (Å²) in [6.07, 6.45) is 5.63. The van der Waals surface area contributed by atoms with E-state index in [0.717, 1.165) is 45.3 Å². The summed E-state index contributed by atoms with van der Waals surface area (Å²) in [4.78, 5) is 14.5. The maximum atomic E-state index is 12.5. The average molecular weight is 240 g/mol. The van der Waals surface area contributed by atoms with Gasteiger partial charge in [0.15, 0.2) is 0 Å². The molecule has 4 nitrogen and oxygen atoms in total. The molecule has 2 rings (SSSR count). The molecule has 2 unspecified atom stereocenters. The molecule has 2 aliphatic rings. The van der Waals surface area contributed by atoms with Crippen molar-refractivity contribution >= 4 is 5.91 Å². The van der Waals surface area contributed by atoms with Crippen LogP contribution in [0.4, 0.5) is 0 Å². The molecule has 2 fully saturated rings. The molecule has 0 bridgehead atoms. The average Bonchev–Trinajstić information content (AvgIpc) is 2.40. The van der Waals surface area contributed by atoms with Crippen LogP contribution in [0.3, 0.4) is 0 Å². The van der Waals surface area contributed by atoms with Crippen LogP contribution in [0.5, 0.6) is 0 Å². The summed E-state index contributed by atoms with van der Waals surface area (Å²) in [5.74, 6) is 0.542. The number of carbonyl (C=O) groups excluding carboxylic acids is 1. The third-order valence-electron chi connectivity index (χ3n) is 3.92. The number of methoxy groups -OCH3 is 1. The third kappa shape index (κ3) is 3.19. The zero-order chi connectivity index (χ0) is 12.1. The topological polar surface area (TPSA) is 41.6 Å². The highest BCUT2D eigenvalue weighted by atomic mass is 16.5. The Balaban J connectivity index is 1.94. The number of rotatable bonds is 3. The van der Waals surface area contributed by atoms with E-state index in [1.165, 1.54) is 6.42 Å². The summed E-state index contributed by atoms with van der Waals surface area (Å²) in [7, 11) is 1.72. The first-order valence-electron chi connectivity index (χ1n) is 6.83. The van der Waals surface area contributed by atoms with Crippen molar-refractivity contribution in [2.45, 2.75) is 38.1 Å². The lowest BCUT2D eigenvalue weighted by Crippen LogP contribution is -2.50. The van der Waals surface area contributed by atoms with Gasteiger partial charge >= 0.3 is 0 Å². The highest BCUT2D eigenvalue weighted by molar-refractivity contribution is 5.79. The summed E-state index contributed by atoms with van der Waals surface area (Å²) in [6, 6.07) is 0.308. The Kier molecular flexibility index (Phi) is 4.80. The van der Waals surface area contributed by atoms with Crippen molar-refractivity contribution < 1.29 is 9.53 Å². The van der Waals surface area contributed by atoms with Gasteiger partial charge < -0.3 is 15.0 Å². The van der Waals surface area contributed by atoms with E-state index in [-0.39, 0.29) is 5.92 Å². The van der Waals surface area contributed by atoms with Gasteiger partial charge in [0.1, 0.15) is 0 Å². The van der Waals surface area contributed by atoms with Crippen LogP contribution in [0.1, 0.15) is 32.1 Å². The van der Waals surface area contributed by atoms with E-state index >= 15 is 0 Å². The normalized spacial score (nSPS) is 30.3. The van der Waals surface area contributed by atoms with Crippen LogP contribution in [0.25, 0.3) is 0 Å². The molecule has 4 heteroatoms. The summed E-state index contributed by atoms with van der Waals surface area (Å²) in [5, 5.41) is 3.32. The Labute approximate surface area is 104 Å². The Morgan fingerprint density at radius 3 is 2.94 bits per heavy atom. The van der Waals surface area contributed by atoms with Gasteiger partial charge in [-0.3, -0.25) is 4.79 Å². The lowest BCUT2D eigenvalue weighted by Gasteiger charge is -2.38. The molecule has 0 saturated carbocycles. The number of ether oxygens (including phenoxy) is 1. The first-order chi connectivity index (χ1) is 8.33. The first kappa shape index (κ1) is 12.8. The smallest absolute Gasteiger partial charge is 0.227 e. The van der Waals surface area contributed by atoms with E-state index in [4.69, 9.17) is 4.74 Å². The number of hydrogen-bond acceptors (Lipinski definition) is 3. The van der Waals surface area contributed by atoms with Gasteiger partial charge in [-0.25, -0.2) is 0 Å². The van der Waals surface area contributed by atoms with Crippen molar-refractivity contribution in [1.82, 2.24) is 10.2 Å². The number of hydrogen-bond donors (Lipinski definition) is 1. The molecule has 1 amide bonds. The molecule has 0 aliphatic carbocycles. The Morgan fingerprint density at radius 1 is 1.35 bits per heavy atom. The lowest BCUT2D eigenvalue weighted by molar-refractivity contribution is -0.141. The van der Waals surface area contributed by atoms with Crippen LogP contribution in [-0.2, 0) is 9.53 Å². The molecule has 98 valence electrons. The van der Waals surface area contributed by atoms with Gasteiger partial charge in [-0.2, -0.15) is 0 Å². The number of carbonyl (C=O) groups is 1. The Hall–Kier alpha value is -0.610. The summed E-state index contributed by atoms with van der Waals surface area (Å²) in [6.45, 7) is 3.52. The molecule has 0 spiro atoms. The maximum absolute atomic E-state index is 12.5. The lowest BCUT2D eigenvalue weighted by atomic mass is 9.94. The van der Waals surface area contributed by atoms with Crippen LogP contribution in [0.2, 0.25) is 0 Å². The van der Waals surface area contributed by atoms with E-state index in [1.54, 1.807) is 7.11 Å². The fourth-order valence-electron chi connectivity index (χ4n) is 2.95. The molecule has 2 heterocycles. The second-order valence-electron chi connectivity index (χ2n) is 5.18. The SMILES string of the molecule is COCC1CCCCN1C(=O)C1CCCNC1. The van der Waals surface area contributed by atoms with Gasteiger partial charge in [-0.15, -0.1) is 0 Å². The highest BCUT2D eigenvalue weighted by Gasteiger charge is 2.31. The molecule has 17 heavy (non-hydrogen) atoms. The minimum Gasteiger partial charge on any atom is -0.383 e. The number of amides is 1. The van der Waals surface area contributed by atoms with Crippen molar-refractivity contribution in [1.29, 1.82) is 0 Å². The van der Waals surface area contributed by atoms with Crippen LogP contribution >= 0.6 is 0 Å². The van der Waals surface area contributed by atoms with Gasteiger partial charge in [0.25, 0.3) is 0 Å². The largest absolute Gasteiger partial charge is 0.383 e. The van der Waals surface area contributed by atoms with E-state index in [9.17, 15) is 4.79 Å². The zero-order valence-corrected chi connectivity index (χ0v) is 10.8. The minimum absolute atomic E-state index is 0.196. The molecular weight excluding hydrogens is 216 g/mol. The fraction of sp³-hybridized carbons (Fsp3) is 0.923. The summed E-state index contributed by atoms with van der Waals surface area (Å²) in [5.41, 5.74) is 0. The molecule has 2 atom stereocenters. The first-order valence-corrected chi connectivity index (χ1v) is 6.83. The van der Waals surface area contributed by atoms with Crippen molar-refractivity contribution in [2.24, 2.45) is 5.92 Å². The van der Waals surface area contributed by atoms with Crippen LogP contribution < -0.4 is 5.32 Å². The Bertz CT molecular complexity index is 250. The highest BCUT2D eigenvalue weighted by Crippen LogP contribution is 2.22. The molecule has 0 aromatic rings. The Morgan fingerprint density at radius 2 is 2.24 bits per heavy atom. The predicted molar refractivity (Wildman–Crippen MR) is 66.8 cm³/mol. The molecule has 2 saturated heterocycles. The van der Waals surface area contributed by atoms with Crippen molar-refractivity contribution in [3.05, 3.63) is 0 Å². The summed E-state index contributed by atoms with van der Waals surface area (Å²) < 4.78 is 5.24. The quantitative estimate of drug-likeness (QED) is 0.800. The molecule has 2 aliphatic heterocycles. The molecular formula is C13H24N2O2. The van der Waals surface area contributed by atoms with E-state index < -0.39 is 0 Å². The molecule has 1 N–H and O–H groups in total. The number of nitrogens with zero attached hydrogens (tertiary/aromatic N) is 1. The third-order valence-corrected chi connectivity index (χ3v) is 3.92. The van der Waals surface area contributed by atoms with Crippen molar-refractivity contribution in [3.8, 4) is 0 Å². The zero-order valence-electron chi connectivity index (χ0n) is 10.8. The van der Waals surface area contributed by atoms with Gasteiger partial charge in [-0.05, 0) is 38.6 Å². The van der Waals surface area contributed by atoms with Crippen LogP contribution in [0, 0.1) is 5.92 Å². The monoisotopic (exact) mass is 240 g/mol. The van der Waals surface area contributed by atoms with Gasteiger partial charge in [-0.1, -0.05) is 0 Å². The molecule has 0 radical (unpaired) electrons.